The van der Waals surface area contributed by atoms with Crippen molar-refractivity contribution in [1.82, 2.24) is 9.97 Å². The Hall–Kier alpha value is -3.76. The van der Waals surface area contributed by atoms with Crippen LogP contribution in [-0.2, 0) is 22.7 Å². The zero-order valence-electron chi connectivity index (χ0n) is 20.5. The number of aromatic nitrogens is 2. The third kappa shape index (κ3) is 5.56. The van der Waals surface area contributed by atoms with Crippen LogP contribution in [0.3, 0.4) is 0 Å². The third-order valence-corrected chi connectivity index (χ3v) is 7.44. The number of carbonyl (C=O) groups is 1. The van der Waals surface area contributed by atoms with Crippen molar-refractivity contribution >= 4 is 28.6 Å². The number of benzene rings is 2. The predicted octanol–water partition coefficient (Wildman–Crippen LogP) is 5.09. The molecular weight excluding hydrogens is 512 g/mol. The first-order valence-electron chi connectivity index (χ1n) is 12.0. The van der Waals surface area contributed by atoms with Crippen molar-refractivity contribution in [1.29, 1.82) is 0 Å². The highest BCUT2D eigenvalue weighted by molar-refractivity contribution is 7.99. The average molecular weight is 538 g/mol. The summed E-state index contributed by atoms with van der Waals surface area (Å²) in [5.41, 5.74) is 9.62. The number of ether oxygens (including phenoxy) is 3. The van der Waals surface area contributed by atoms with E-state index in [0.29, 0.717) is 40.5 Å². The standard InChI is InChI=1S/C28H25F2N3O4S/c1-2-35-28(34)23(31)15-38-27-19-4-3-9-32-25(19)14-37-26-8-7-18(11-20(26)27)36-13-17-6-5-16-10-21(29)22(30)12-24(16)33-17/h3-12,23,27H,2,13-15,31H2,1H3/t23-,27?/m0/s1. The number of esters is 1. The Morgan fingerprint density at radius 2 is 2.00 bits per heavy atom. The van der Waals surface area contributed by atoms with Crippen molar-refractivity contribution < 1.29 is 27.8 Å². The van der Waals surface area contributed by atoms with E-state index in [1.807, 2.05) is 24.3 Å². The molecule has 7 nitrogen and oxygen atoms in total. The van der Waals surface area contributed by atoms with Crippen molar-refractivity contribution in [2.75, 3.05) is 12.4 Å². The van der Waals surface area contributed by atoms with Gasteiger partial charge in [0.1, 0.15) is 30.8 Å². The molecule has 1 unspecified atom stereocenters. The van der Waals surface area contributed by atoms with Gasteiger partial charge in [0, 0.05) is 29.0 Å². The Labute approximate surface area is 222 Å². The van der Waals surface area contributed by atoms with Gasteiger partial charge in [-0.05, 0) is 48.9 Å². The summed E-state index contributed by atoms with van der Waals surface area (Å²) in [5, 5.41) is 0.292. The molecule has 196 valence electrons. The van der Waals surface area contributed by atoms with Crippen LogP contribution in [0.1, 0.15) is 34.7 Å². The summed E-state index contributed by atoms with van der Waals surface area (Å²) >= 11 is 1.51. The lowest BCUT2D eigenvalue weighted by Crippen LogP contribution is -2.34. The first kappa shape index (κ1) is 25.9. The molecule has 1 aliphatic heterocycles. The SMILES string of the molecule is CCOC(=O)[C@@H](N)CSC1c2cc(OCc3ccc4cc(F)c(F)cc4n3)ccc2OCc2ncccc21. The summed E-state index contributed by atoms with van der Waals surface area (Å²) in [6.45, 7) is 2.44. The number of rotatable bonds is 8. The minimum Gasteiger partial charge on any atom is -0.487 e. The van der Waals surface area contributed by atoms with Crippen LogP contribution in [0.2, 0.25) is 0 Å². The Morgan fingerprint density at radius 3 is 2.84 bits per heavy atom. The van der Waals surface area contributed by atoms with E-state index in [-0.39, 0.29) is 18.5 Å². The van der Waals surface area contributed by atoms with Crippen LogP contribution in [-0.4, -0.2) is 34.3 Å². The maximum absolute atomic E-state index is 13.7. The number of carbonyl (C=O) groups excluding carboxylic acids is 1. The Bertz CT molecular complexity index is 1490. The van der Waals surface area contributed by atoms with Crippen LogP contribution < -0.4 is 15.2 Å². The van der Waals surface area contributed by atoms with Crippen LogP contribution in [0.4, 0.5) is 8.78 Å². The van der Waals surface area contributed by atoms with Crippen molar-refractivity contribution in [3.8, 4) is 11.5 Å². The van der Waals surface area contributed by atoms with Crippen LogP contribution in [0.5, 0.6) is 11.5 Å². The van der Waals surface area contributed by atoms with Gasteiger partial charge in [0.05, 0.1) is 28.8 Å². The molecule has 10 heteroatoms. The topological polar surface area (TPSA) is 96.6 Å². The molecule has 2 aromatic carbocycles. The maximum Gasteiger partial charge on any atom is 0.323 e. The summed E-state index contributed by atoms with van der Waals surface area (Å²) in [7, 11) is 0. The molecule has 0 radical (unpaired) electrons. The summed E-state index contributed by atoms with van der Waals surface area (Å²) in [6, 6.07) is 14.2. The van der Waals surface area contributed by atoms with Gasteiger partial charge in [0.25, 0.3) is 0 Å². The Kier molecular flexibility index (Phi) is 7.71. The molecule has 2 N–H and O–H groups in total. The van der Waals surface area contributed by atoms with E-state index in [4.69, 9.17) is 19.9 Å². The zero-order chi connectivity index (χ0) is 26.6. The number of hydrogen-bond donors (Lipinski definition) is 1. The molecule has 3 heterocycles. The van der Waals surface area contributed by atoms with Gasteiger partial charge in [-0.25, -0.2) is 13.8 Å². The molecule has 0 saturated carbocycles. The molecule has 1 aliphatic rings. The second kappa shape index (κ2) is 11.3. The Morgan fingerprint density at radius 1 is 1.16 bits per heavy atom. The quantitative estimate of drug-likeness (QED) is 0.311. The summed E-state index contributed by atoms with van der Waals surface area (Å²) in [5.74, 6) is -0.719. The van der Waals surface area contributed by atoms with Gasteiger partial charge in [0.15, 0.2) is 11.6 Å². The molecule has 0 saturated heterocycles. The minimum absolute atomic E-state index is 0.123. The molecule has 0 spiro atoms. The highest BCUT2D eigenvalue weighted by Gasteiger charge is 2.28. The van der Waals surface area contributed by atoms with E-state index < -0.39 is 23.6 Å². The van der Waals surface area contributed by atoms with Gasteiger partial charge in [-0.2, -0.15) is 0 Å². The molecule has 0 bridgehead atoms. The van der Waals surface area contributed by atoms with Gasteiger partial charge >= 0.3 is 5.97 Å². The van der Waals surface area contributed by atoms with E-state index in [2.05, 4.69) is 9.97 Å². The molecule has 0 fully saturated rings. The Balaban J connectivity index is 1.39. The van der Waals surface area contributed by atoms with E-state index in [0.717, 1.165) is 29.0 Å². The van der Waals surface area contributed by atoms with Crippen molar-refractivity contribution in [3.63, 3.8) is 0 Å². The molecular formula is C28H25F2N3O4S. The lowest BCUT2D eigenvalue weighted by atomic mass is 10.0. The lowest BCUT2D eigenvalue weighted by molar-refractivity contribution is -0.144. The van der Waals surface area contributed by atoms with Gasteiger partial charge in [-0.1, -0.05) is 12.1 Å². The number of nitrogens with two attached hydrogens (primary N) is 1. The third-order valence-electron chi connectivity index (χ3n) is 6.04. The van der Waals surface area contributed by atoms with Crippen LogP contribution in [0.25, 0.3) is 10.9 Å². The highest BCUT2D eigenvalue weighted by atomic mass is 32.2. The van der Waals surface area contributed by atoms with E-state index >= 15 is 0 Å². The second-order valence-corrected chi connectivity index (χ2v) is 9.79. The van der Waals surface area contributed by atoms with E-state index in [1.165, 1.54) is 11.8 Å². The van der Waals surface area contributed by atoms with Gasteiger partial charge < -0.3 is 19.9 Å². The summed E-state index contributed by atoms with van der Waals surface area (Å²) < 4.78 is 44.3. The molecule has 5 rings (SSSR count). The summed E-state index contributed by atoms with van der Waals surface area (Å²) in [4.78, 5) is 21.0. The van der Waals surface area contributed by atoms with Crippen molar-refractivity contribution in [2.45, 2.75) is 31.4 Å². The number of halogens is 2. The normalized spacial score (nSPS) is 15.1. The fourth-order valence-corrected chi connectivity index (χ4v) is 5.46. The zero-order valence-corrected chi connectivity index (χ0v) is 21.3. The van der Waals surface area contributed by atoms with Crippen molar-refractivity contribution in [2.24, 2.45) is 5.73 Å². The van der Waals surface area contributed by atoms with Gasteiger partial charge in [0.2, 0.25) is 0 Å². The monoisotopic (exact) mass is 537 g/mol. The van der Waals surface area contributed by atoms with Gasteiger partial charge in [-0.3, -0.25) is 9.78 Å². The van der Waals surface area contributed by atoms with Crippen LogP contribution >= 0.6 is 11.8 Å². The number of fused-ring (bicyclic) bond motifs is 3. The van der Waals surface area contributed by atoms with Gasteiger partial charge in [-0.15, -0.1) is 11.8 Å². The lowest BCUT2D eigenvalue weighted by Gasteiger charge is -2.20. The molecule has 2 atom stereocenters. The molecule has 0 amide bonds. The first-order chi connectivity index (χ1) is 18.4. The van der Waals surface area contributed by atoms with Crippen molar-refractivity contribution in [3.05, 3.63) is 94.9 Å². The predicted molar refractivity (Wildman–Crippen MR) is 140 cm³/mol. The largest absolute Gasteiger partial charge is 0.487 e. The minimum atomic E-state index is -0.949. The fourth-order valence-electron chi connectivity index (χ4n) is 4.17. The number of pyridine rings is 2. The first-order valence-corrected chi connectivity index (χ1v) is 13.1. The molecule has 2 aromatic heterocycles. The smallest absolute Gasteiger partial charge is 0.323 e. The molecule has 4 aromatic rings. The number of thioether (sulfide) groups is 1. The molecule has 0 aliphatic carbocycles. The number of hydrogen-bond acceptors (Lipinski definition) is 8. The number of nitrogens with zero attached hydrogens (tertiary/aromatic N) is 2. The van der Waals surface area contributed by atoms with Crippen LogP contribution in [0, 0.1) is 11.6 Å². The van der Waals surface area contributed by atoms with E-state index in [9.17, 15) is 13.6 Å². The summed E-state index contributed by atoms with van der Waals surface area (Å²) in [6.07, 6.45) is 1.72. The fraction of sp³-hybridized carbons (Fsp3) is 0.250. The molecule has 38 heavy (non-hydrogen) atoms. The highest BCUT2D eigenvalue weighted by Crippen LogP contribution is 2.45. The van der Waals surface area contributed by atoms with E-state index in [1.54, 1.807) is 31.3 Å². The maximum atomic E-state index is 13.7. The second-order valence-electron chi connectivity index (χ2n) is 8.65. The average Bonchev–Trinajstić information content (AvgIpc) is 3.07. The van der Waals surface area contributed by atoms with Crippen LogP contribution in [0.15, 0.2) is 60.8 Å².